The smallest absolute Gasteiger partial charge is 0.244 e. The Kier molecular flexibility index (Phi) is 4.93. The van der Waals surface area contributed by atoms with Gasteiger partial charge < -0.3 is 4.74 Å². The Balaban J connectivity index is 2.23. The average Bonchev–Trinajstić information content (AvgIpc) is 2.47. The van der Waals surface area contributed by atoms with Gasteiger partial charge in [0.2, 0.25) is 10.0 Å². The molecule has 0 bridgehead atoms. The topological polar surface area (TPSA) is 68.3 Å². The van der Waals surface area contributed by atoms with Crippen LogP contribution in [0, 0.1) is 6.92 Å². The van der Waals surface area contributed by atoms with Crippen molar-refractivity contribution < 1.29 is 13.2 Å². The first-order valence-electron chi connectivity index (χ1n) is 6.66. The number of sulfonamides is 1. The fraction of sp³-hybridized carbons (Fsp3) is 0.267. The third-order valence-electron chi connectivity index (χ3n) is 2.86. The number of ether oxygens (including phenoxy) is 1. The summed E-state index contributed by atoms with van der Waals surface area (Å²) in [6.07, 6.45) is 1.63. The Bertz CT molecular complexity index is 700. The fourth-order valence-electron chi connectivity index (χ4n) is 1.85. The van der Waals surface area contributed by atoms with Crippen molar-refractivity contribution in [2.45, 2.75) is 25.3 Å². The molecule has 112 valence electrons. The van der Waals surface area contributed by atoms with E-state index in [1.54, 1.807) is 36.5 Å². The molecule has 0 aliphatic heterocycles. The Morgan fingerprint density at radius 1 is 1.24 bits per heavy atom. The average molecular weight is 306 g/mol. The van der Waals surface area contributed by atoms with Crippen LogP contribution in [0.3, 0.4) is 0 Å². The summed E-state index contributed by atoms with van der Waals surface area (Å²) >= 11 is 0. The molecule has 2 aromatic rings. The lowest BCUT2D eigenvalue weighted by atomic mass is 10.2. The number of aryl methyl sites for hydroxylation is 1. The molecule has 1 heterocycles. The molecule has 0 spiro atoms. The van der Waals surface area contributed by atoms with Gasteiger partial charge in [-0.05, 0) is 43.7 Å². The van der Waals surface area contributed by atoms with Crippen LogP contribution in [-0.4, -0.2) is 20.0 Å². The third kappa shape index (κ3) is 4.03. The van der Waals surface area contributed by atoms with E-state index in [9.17, 15) is 8.42 Å². The molecule has 1 N–H and O–H groups in total. The van der Waals surface area contributed by atoms with Crippen LogP contribution in [0.2, 0.25) is 0 Å². The minimum atomic E-state index is -3.64. The van der Waals surface area contributed by atoms with E-state index >= 15 is 0 Å². The van der Waals surface area contributed by atoms with Gasteiger partial charge in [0.15, 0.2) is 0 Å². The van der Waals surface area contributed by atoms with Gasteiger partial charge >= 0.3 is 0 Å². The SMILES string of the molecule is CCOc1cc(C)ccc1S(=O)(=O)NCc1ccccn1. The molecule has 0 radical (unpaired) electrons. The highest BCUT2D eigenvalue weighted by molar-refractivity contribution is 7.89. The number of rotatable bonds is 6. The zero-order chi connectivity index (χ0) is 15.3. The highest BCUT2D eigenvalue weighted by Crippen LogP contribution is 2.25. The van der Waals surface area contributed by atoms with Crippen molar-refractivity contribution in [1.29, 1.82) is 0 Å². The maximum atomic E-state index is 12.4. The van der Waals surface area contributed by atoms with E-state index in [-0.39, 0.29) is 11.4 Å². The molecule has 1 aromatic heterocycles. The summed E-state index contributed by atoms with van der Waals surface area (Å²) in [5, 5.41) is 0. The first-order valence-corrected chi connectivity index (χ1v) is 8.14. The van der Waals surface area contributed by atoms with Gasteiger partial charge in [0.25, 0.3) is 0 Å². The molecule has 0 aliphatic carbocycles. The number of benzene rings is 1. The molecule has 21 heavy (non-hydrogen) atoms. The van der Waals surface area contributed by atoms with Crippen LogP contribution in [0.5, 0.6) is 5.75 Å². The summed E-state index contributed by atoms with van der Waals surface area (Å²) in [7, 11) is -3.64. The molecule has 5 nitrogen and oxygen atoms in total. The zero-order valence-electron chi connectivity index (χ0n) is 12.0. The molecule has 0 saturated carbocycles. The van der Waals surface area contributed by atoms with Crippen molar-refractivity contribution in [1.82, 2.24) is 9.71 Å². The van der Waals surface area contributed by atoms with Gasteiger partial charge in [0.1, 0.15) is 10.6 Å². The quantitative estimate of drug-likeness (QED) is 0.889. The van der Waals surface area contributed by atoms with Gasteiger partial charge in [-0.25, -0.2) is 13.1 Å². The number of nitrogens with one attached hydrogen (secondary N) is 1. The highest BCUT2D eigenvalue weighted by Gasteiger charge is 2.19. The van der Waals surface area contributed by atoms with Crippen molar-refractivity contribution in [3.8, 4) is 5.75 Å². The van der Waals surface area contributed by atoms with Crippen molar-refractivity contribution in [2.24, 2.45) is 0 Å². The molecule has 0 fully saturated rings. The first kappa shape index (κ1) is 15.5. The normalized spacial score (nSPS) is 11.3. The van der Waals surface area contributed by atoms with Crippen LogP contribution < -0.4 is 9.46 Å². The number of aromatic nitrogens is 1. The Hall–Kier alpha value is -1.92. The molecule has 1 aromatic carbocycles. The molecular weight excluding hydrogens is 288 g/mol. The van der Waals surface area contributed by atoms with Crippen LogP contribution in [-0.2, 0) is 16.6 Å². The lowest BCUT2D eigenvalue weighted by molar-refractivity contribution is 0.330. The minimum absolute atomic E-state index is 0.141. The molecule has 2 rings (SSSR count). The number of nitrogens with zero attached hydrogens (tertiary/aromatic N) is 1. The Morgan fingerprint density at radius 3 is 2.71 bits per heavy atom. The Labute approximate surface area is 125 Å². The van der Waals surface area contributed by atoms with E-state index in [4.69, 9.17) is 4.74 Å². The van der Waals surface area contributed by atoms with Gasteiger partial charge in [-0.15, -0.1) is 0 Å². The number of hydrogen-bond acceptors (Lipinski definition) is 4. The lowest BCUT2D eigenvalue weighted by Gasteiger charge is -2.12. The van der Waals surface area contributed by atoms with Crippen LogP contribution in [0.15, 0.2) is 47.5 Å². The molecule has 0 amide bonds. The summed E-state index contributed by atoms with van der Waals surface area (Å²) < 4.78 is 32.7. The van der Waals surface area contributed by atoms with E-state index in [1.165, 1.54) is 0 Å². The minimum Gasteiger partial charge on any atom is -0.492 e. The van der Waals surface area contributed by atoms with E-state index in [0.29, 0.717) is 18.1 Å². The van der Waals surface area contributed by atoms with E-state index in [2.05, 4.69) is 9.71 Å². The lowest BCUT2D eigenvalue weighted by Crippen LogP contribution is -2.24. The summed E-state index contributed by atoms with van der Waals surface area (Å²) in [4.78, 5) is 4.23. The molecule has 6 heteroatoms. The van der Waals surface area contributed by atoms with E-state index < -0.39 is 10.0 Å². The monoisotopic (exact) mass is 306 g/mol. The maximum Gasteiger partial charge on any atom is 0.244 e. The van der Waals surface area contributed by atoms with Crippen LogP contribution >= 0.6 is 0 Å². The van der Waals surface area contributed by atoms with Gasteiger partial charge in [-0.1, -0.05) is 12.1 Å². The molecule has 0 saturated heterocycles. The predicted octanol–water partition coefficient (Wildman–Crippen LogP) is 2.27. The second-order valence-electron chi connectivity index (χ2n) is 4.53. The summed E-state index contributed by atoms with van der Waals surface area (Å²) in [5.41, 5.74) is 1.60. The van der Waals surface area contributed by atoms with Crippen molar-refractivity contribution in [2.75, 3.05) is 6.61 Å². The number of pyridine rings is 1. The fourth-order valence-corrected chi connectivity index (χ4v) is 2.98. The van der Waals surface area contributed by atoms with Gasteiger partial charge in [-0.3, -0.25) is 4.98 Å². The Morgan fingerprint density at radius 2 is 2.05 bits per heavy atom. The predicted molar refractivity (Wildman–Crippen MR) is 80.6 cm³/mol. The van der Waals surface area contributed by atoms with Crippen molar-refractivity contribution in [3.05, 3.63) is 53.9 Å². The second kappa shape index (κ2) is 6.69. The van der Waals surface area contributed by atoms with Crippen LogP contribution in [0.25, 0.3) is 0 Å². The standard InChI is InChI=1S/C15H18N2O3S/c1-3-20-14-10-12(2)7-8-15(14)21(18,19)17-11-13-6-4-5-9-16-13/h4-10,17H,3,11H2,1-2H3. The van der Waals surface area contributed by atoms with Gasteiger partial charge in [0, 0.05) is 6.20 Å². The molecule has 0 aliphatic rings. The first-order chi connectivity index (χ1) is 10.0. The highest BCUT2D eigenvalue weighted by atomic mass is 32.2. The van der Waals surface area contributed by atoms with E-state index in [0.717, 1.165) is 5.56 Å². The largest absolute Gasteiger partial charge is 0.492 e. The van der Waals surface area contributed by atoms with Gasteiger partial charge in [0.05, 0.1) is 18.8 Å². The van der Waals surface area contributed by atoms with Crippen LogP contribution in [0.4, 0.5) is 0 Å². The third-order valence-corrected chi connectivity index (χ3v) is 4.30. The second-order valence-corrected chi connectivity index (χ2v) is 6.26. The zero-order valence-corrected chi connectivity index (χ0v) is 12.9. The van der Waals surface area contributed by atoms with Crippen LogP contribution in [0.1, 0.15) is 18.2 Å². The van der Waals surface area contributed by atoms with Crippen molar-refractivity contribution in [3.63, 3.8) is 0 Å². The summed E-state index contributed by atoms with van der Waals surface area (Å²) in [6.45, 7) is 4.26. The summed E-state index contributed by atoms with van der Waals surface area (Å²) in [5.74, 6) is 0.367. The summed E-state index contributed by atoms with van der Waals surface area (Å²) in [6, 6.07) is 10.4. The number of hydrogen-bond donors (Lipinski definition) is 1. The van der Waals surface area contributed by atoms with E-state index in [1.807, 2.05) is 19.9 Å². The van der Waals surface area contributed by atoms with Gasteiger partial charge in [-0.2, -0.15) is 0 Å². The maximum absolute atomic E-state index is 12.4. The molecule has 0 unspecified atom stereocenters. The molecular formula is C15H18N2O3S. The molecule has 0 atom stereocenters. The van der Waals surface area contributed by atoms with Crippen molar-refractivity contribution >= 4 is 10.0 Å².